The summed E-state index contributed by atoms with van der Waals surface area (Å²) in [6, 6.07) is 3.25. The van der Waals surface area contributed by atoms with Crippen molar-refractivity contribution in [2.24, 2.45) is 5.92 Å². The lowest BCUT2D eigenvalue weighted by molar-refractivity contribution is -0.146. The van der Waals surface area contributed by atoms with Gasteiger partial charge in [0.05, 0.1) is 9.88 Å². The summed E-state index contributed by atoms with van der Waals surface area (Å²) in [6.07, 6.45) is 0.284. The molecule has 0 saturated heterocycles. The zero-order chi connectivity index (χ0) is 15.4. The first kappa shape index (κ1) is 15.5. The number of carbonyl (C=O) groups is 3. The second-order valence-corrected chi connectivity index (χ2v) is 5.91. The van der Waals surface area contributed by atoms with Crippen molar-refractivity contribution in [3.63, 3.8) is 0 Å². The first-order valence-corrected chi connectivity index (χ1v) is 7.39. The maximum Gasteiger partial charge on any atom is 0.332 e. The molecule has 0 aliphatic heterocycles. The molecule has 21 heavy (non-hydrogen) atoms. The highest BCUT2D eigenvalue weighted by Crippen LogP contribution is 2.31. The van der Waals surface area contributed by atoms with Crippen LogP contribution in [0.3, 0.4) is 0 Å². The van der Waals surface area contributed by atoms with Crippen LogP contribution >= 0.6 is 11.3 Å². The Morgan fingerprint density at radius 2 is 2.05 bits per heavy atom. The number of aliphatic hydroxyl groups excluding tert-OH is 1. The van der Waals surface area contributed by atoms with Gasteiger partial charge in [0.15, 0.2) is 6.10 Å². The fourth-order valence-corrected chi connectivity index (χ4v) is 2.45. The molecule has 1 aromatic rings. The van der Waals surface area contributed by atoms with Crippen molar-refractivity contribution in [1.29, 1.82) is 0 Å². The average Bonchev–Trinajstić information content (AvgIpc) is 3.19. The number of anilines is 1. The zero-order valence-corrected chi connectivity index (χ0v) is 12.0. The summed E-state index contributed by atoms with van der Waals surface area (Å²) in [5.41, 5.74) is 0. The molecule has 1 fully saturated rings. The van der Waals surface area contributed by atoms with Crippen LogP contribution in [0.1, 0.15) is 28.9 Å². The molecule has 2 rings (SSSR count). The van der Waals surface area contributed by atoms with Crippen molar-refractivity contribution >= 4 is 34.1 Å². The predicted molar refractivity (Wildman–Crippen MR) is 76.3 cm³/mol. The van der Waals surface area contributed by atoms with E-state index in [4.69, 9.17) is 10.2 Å². The second kappa shape index (κ2) is 6.68. The summed E-state index contributed by atoms with van der Waals surface area (Å²) in [5.74, 6) is -1.59. The van der Waals surface area contributed by atoms with Gasteiger partial charge in [0.1, 0.15) is 0 Å². The van der Waals surface area contributed by atoms with Crippen molar-refractivity contribution in [1.82, 2.24) is 5.32 Å². The number of carbonyl (C=O) groups excluding carboxylic acids is 2. The van der Waals surface area contributed by atoms with Gasteiger partial charge in [-0.05, 0) is 25.0 Å². The average molecular weight is 312 g/mol. The van der Waals surface area contributed by atoms with E-state index >= 15 is 0 Å². The standard InChI is InChI=1S/C13H16N2O5S/c16-8(13(19)20)5-6-14-12(18)9-3-4-10(21-9)15-11(17)7-1-2-7/h3-4,7-8,16H,1-2,5-6H2,(H,14,18)(H,15,17)(H,19,20). The van der Waals surface area contributed by atoms with Crippen LogP contribution in [0.5, 0.6) is 0 Å². The van der Waals surface area contributed by atoms with E-state index in [1.54, 1.807) is 12.1 Å². The van der Waals surface area contributed by atoms with E-state index in [0.717, 1.165) is 24.2 Å². The number of carboxylic acid groups (broad SMARTS) is 1. The molecule has 1 aromatic heterocycles. The predicted octanol–water partition coefficient (Wildman–Crippen LogP) is 0.662. The van der Waals surface area contributed by atoms with Gasteiger partial charge in [-0.25, -0.2) is 4.79 Å². The van der Waals surface area contributed by atoms with Crippen molar-refractivity contribution < 1.29 is 24.6 Å². The molecule has 7 nitrogen and oxygen atoms in total. The number of hydrogen-bond acceptors (Lipinski definition) is 5. The molecule has 0 radical (unpaired) electrons. The second-order valence-electron chi connectivity index (χ2n) is 4.83. The van der Waals surface area contributed by atoms with Crippen LogP contribution in [0.15, 0.2) is 12.1 Å². The summed E-state index contributed by atoms with van der Waals surface area (Å²) in [5, 5.41) is 23.5. The Balaban J connectivity index is 1.78. The molecule has 1 aliphatic carbocycles. The van der Waals surface area contributed by atoms with E-state index in [0.29, 0.717) is 9.88 Å². The highest BCUT2D eigenvalue weighted by atomic mass is 32.1. The van der Waals surface area contributed by atoms with Crippen LogP contribution in [-0.4, -0.2) is 40.6 Å². The SMILES string of the molecule is O=C(NCCC(O)C(=O)O)c1ccc(NC(=O)C2CC2)s1. The highest BCUT2D eigenvalue weighted by Gasteiger charge is 2.29. The summed E-state index contributed by atoms with van der Waals surface area (Å²) < 4.78 is 0. The molecular formula is C13H16N2O5S. The Labute approximate surface area is 125 Å². The van der Waals surface area contributed by atoms with E-state index in [2.05, 4.69) is 10.6 Å². The van der Waals surface area contributed by atoms with E-state index < -0.39 is 12.1 Å². The zero-order valence-electron chi connectivity index (χ0n) is 11.2. The van der Waals surface area contributed by atoms with Gasteiger partial charge >= 0.3 is 5.97 Å². The third-order valence-corrected chi connectivity index (χ3v) is 4.01. The van der Waals surface area contributed by atoms with Crippen molar-refractivity contribution in [2.45, 2.75) is 25.4 Å². The van der Waals surface area contributed by atoms with Gasteiger partial charge in [-0.1, -0.05) is 0 Å². The Morgan fingerprint density at radius 3 is 2.67 bits per heavy atom. The molecule has 1 atom stereocenters. The van der Waals surface area contributed by atoms with Crippen LogP contribution < -0.4 is 10.6 Å². The van der Waals surface area contributed by atoms with Gasteiger partial charge in [0.25, 0.3) is 5.91 Å². The van der Waals surface area contributed by atoms with E-state index in [-0.39, 0.29) is 30.7 Å². The van der Waals surface area contributed by atoms with Gasteiger partial charge < -0.3 is 20.8 Å². The van der Waals surface area contributed by atoms with Crippen LogP contribution in [0.25, 0.3) is 0 Å². The molecule has 2 amide bonds. The normalized spacial score (nSPS) is 15.3. The Kier molecular flexibility index (Phi) is 4.92. The minimum absolute atomic E-state index is 0.0200. The van der Waals surface area contributed by atoms with Gasteiger partial charge in [0.2, 0.25) is 5.91 Å². The van der Waals surface area contributed by atoms with Crippen LogP contribution in [0.4, 0.5) is 5.00 Å². The molecule has 1 saturated carbocycles. The smallest absolute Gasteiger partial charge is 0.332 e. The third-order valence-electron chi connectivity index (χ3n) is 3.01. The van der Waals surface area contributed by atoms with Gasteiger partial charge in [0, 0.05) is 18.9 Å². The van der Waals surface area contributed by atoms with E-state index in [1.165, 1.54) is 0 Å². The van der Waals surface area contributed by atoms with Crippen molar-refractivity contribution in [2.75, 3.05) is 11.9 Å². The first-order chi connectivity index (χ1) is 9.97. The maximum absolute atomic E-state index is 11.8. The Bertz CT molecular complexity index is 553. The quantitative estimate of drug-likeness (QED) is 0.590. The highest BCUT2D eigenvalue weighted by molar-refractivity contribution is 7.18. The number of aliphatic hydroxyl groups is 1. The number of amides is 2. The van der Waals surface area contributed by atoms with Gasteiger partial charge in [-0.15, -0.1) is 11.3 Å². The largest absolute Gasteiger partial charge is 0.479 e. The lowest BCUT2D eigenvalue weighted by Gasteiger charge is -2.06. The minimum Gasteiger partial charge on any atom is -0.479 e. The summed E-state index contributed by atoms with van der Waals surface area (Å²) in [6.45, 7) is 0.0635. The molecule has 1 unspecified atom stereocenters. The lowest BCUT2D eigenvalue weighted by atomic mass is 10.2. The Hall–Kier alpha value is -1.93. The van der Waals surface area contributed by atoms with Crippen LogP contribution in [0.2, 0.25) is 0 Å². The van der Waals surface area contributed by atoms with Crippen LogP contribution in [-0.2, 0) is 9.59 Å². The maximum atomic E-state index is 11.8. The van der Waals surface area contributed by atoms with E-state index in [9.17, 15) is 14.4 Å². The number of carboxylic acids is 1. The van der Waals surface area contributed by atoms with Crippen molar-refractivity contribution in [3.05, 3.63) is 17.0 Å². The summed E-state index contributed by atoms with van der Waals surface area (Å²) in [7, 11) is 0. The molecule has 114 valence electrons. The molecule has 1 heterocycles. The number of nitrogens with one attached hydrogen (secondary N) is 2. The third kappa shape index (κ3) is 4.54. The van der Waals surface area contributed by atoms with Crippen LogP contribution in [0, 0.1) is 5.92 Å². The first-order valence-electron chi connectivity index (χ1n) is 6.57. The molecule has 0 bridgehead atoms. The lowest BCUT2D eigenvalue weighted by Crippen LogP contribution is -2.29. The molecule has 1 aliphatic rings. The van der Waals surface area contributed by atoms with Gasteiger partial charge in [-0.2, -0.15) is 0 Å². The number of thiophene rings is 1. The monoisotopic (exact) mass is 312 g/mol. The summed E-state index contributed by atoms with van der Waals surface area (Å²) >= 11 is 1.16. The number of rotatable bonds is 7. The van der Waals surface area contributed by atoms with E-state index in [1.807, 2.05) is 0 Å². The van der Waals surface area contributed by atoms with Gasteiger partial charge in [-0.3, -0.25) is 9.59 Å². The summed E-state index contributed by atoms with van der Waals surface area (Å²) in [4.78, 5) is 34.2. The molecular weight excluding hydrogens is 296 g/mol. The fraction of sp³-hybridized carbons (Fsp3) is 0.462. The Morgan fingerprint density at radius 1 is 1.33 bits per heavy atom. The topological polar surface area (TPSA) is 116 Å². The molecule has 8 heteroatoms. The fourth-order valence-electron chi connectivity index (χ4n) is 1.63. The molecule has 0 spiro atoms. The number of aliphatic carboxylic acids is 1. The number of hydrogen-bond donors (Lipinski definition) is 4. The minimum atomic E-state index is -1.48. The molecule has 0 aromatic carbocycles. The van der Waals surface area contributed by atoms with Crippen molar-refractivity contribution in [3.8, 4) is 0 Å². The molecule has 4 N–H and O–H groups in total.